The summed E-state index contributed by atoms with van der Waals surface area (Å²) >= 11 is 0. The molecule has 0 fully saturated rings. The van der Waals surface area contributed by atoms with Gasteiger partial charge in [-0.05, 0) is 12.1 Å². The van der Waals surface area contributed by atoms with Gasteiger partial charge in [-0.2, -0.15) is 0 Å². The van der Waals surface area contributed by atoms with Gasteiger partial charge in [0.25, 0.3) is 0 Å². The van der Waals surface area contributed by atoms with Crippen molar-refractivity contribution in [2.45, 2.75) is 20.1 Å². The second-order valence-corrected chi connectivity index (χ2v) is 3.90. The standard InChI is InChI=1S/C12H15N5O2/c1-9(18)14-7-12-15-11(8-19-2)16-17(12)10-3-5-13-6-4-10/h3-6H,7-8H2,1-2H3,(H,14,18). The van der Waals surface area contributed by atoms with Crippen LogP contribution in [-0.2, 0) is 22.7 Å². The molecule has 2 aromatic rings. The van der Waals surface area contributed by atoms with Crippen LogP contribution in [0.1, 0.15) is 18.6 Å². The van der Waals surface area contributed by atoms with E-state index in [2.05, 4.69) is 20.4 Å². The molecule has 0 radical (unpaired) electrons. The molecule has 0 saturated carbocycles. The number of hydrogen-bond acceptors (Lipinski definition) is 5. The van der Waals surface area contributed by atoms with Gasteiger partial charge in [0, 0.05) is 26.4 Å². The van der Waals surface area contributed by atoms with E-state index in [-0.39, 0.29) is 5.91 Å². The minimum absolute atomic E-state index is 0.113. The van der Waals surface area contributed by atoms with Gasteiger partial charge in [0.2, 0.25) is 5.91 Å². The van der Waals surface area contributed by atoms with E-state index in [9.17, 15) is 4.79 Å². The highest BCUT2D eigenvalue weighted by Crippen LogP contribution is 2.09. The van der Waals surface area contributed by atoms with Crippen molar-refractivity contribution in [2.75, 3.05) is 7.11 Å². The number of nitrogens with zero attached hydrogens (tertiary/aromatic N) is 4. The summed E-state index contributed by atoms with van der Waals surface area (Å²) in [4.78, 5) is 19.3. The number of carbonyl (C=O) groups excluding carboxylic acids is 1. The highest BCUT2D eigenvalue weighted by molar-refractivity contribution is 5.72. The summed E-state index contributed by atoms with van der Waals surface area (Å²) in [6.07, 6.45) is 3.35. The third-order valence-electron chi connectivity index (χ3n) is 2.39. The highest BCUT2D eigenvalue weighted by atomic mass is 16.5. The van der Waals surface area contributed by atoms with Gasteiger partial charge in [0.05, 0.1) is 12.2 Å². The van der Waals surface area contributed by atoms with Crippen molar-refractivity contribution in [1.29, 1.82) is 0 Å². The zero-order chi connectivity index (χ0) is 13.7. The third kappa shape index (κ3) is 3.35. The van der Waals surface area contributed by atoms with Crippen LogP contribution in [0.3, 0.4) is 0 Å². The van der Waals surface area contributed by atoms with Crippen molar-refractivity contribution in [1.82, 2.24) is 25.1 Å². The van der Waals surface area contributed by atoms with E-state index in [1.54, 1.807) is 24.2 Å². The van der Waals surface area contributed by atoms with Crippen molar-refractivity contribution in [3.8, 4) is 5.69 Å². The predicted molar refractivity (Wildman–Crippen MR) is 67.4 cm³/mol. The normalized spacial score (nSPS) is 10.4. The maximum atomic E-state index is 11.0. The predicted octanol–water partition coefficient (Wildman–Crippen LogP) is 0.445. The minimum Gasteiger partial charge on any atom is -0.377 e. The Morgan fingerprint density at radius 3 is 2.79 bits per heavy atom. The molecular formula is C12H15N5O2. The van der Waals surface area contributed by atoms with Gasteiger partial charge >= 0.3 is 0 Å². The molecule has 1 N–H and O–H groups in total. The van der Waals surface area contributed by atoms with Gasteiger partial charge < -0.3 is 10.1 Å². The van der Waals surface area contributed by atoms with Crippen LogP contribution in [-0.4, -0.2) is 32.8 Å². The Labute approximate surface area is 110 Å². The lowest BCUT2D eigenvalue weighted by Crippen LogP contribution is -2.21. The van der Waals surface area contributed by atoms with Crippen LogP contribution >= 0.6 is 0 Å². The van der Waals surface area contributed by atoms with E-state index in [0.717, 1.165) is 5.69 Å². The molecule has 0 spiro atoms. The summed E-state index contributed by atoms with van der Waals surface area (Å²) < 4.78 is 6.69. The first-order valence-electron chi connectivity index (χ1n) is 5.79. The van der Waals surface area contributed by atoms with Gasteiger partial charge in [-0.15, -0.1) is 5.10 Å². The van der Waals surface area contributed by atoms with E-state index in [1.165, 1.54) is 6.92 Å². The molecule has 0 aliphatic carbocycles. The number of methoxy groups -OCH3 is 1. The summed E-state index contributed by atoms with van der Waals surface area (Å²) in [6, 6.07) is 3.64. The van der Waals surface area contributed by atoms with E-state index >= 15 is 0 Å². The number of hydrogen-bond donors (Lipinski definition) is 1. The van der Waals surface area contributed by atoms with E-state index in [0.29, 0.717) is 24.8 Å². The maximum absolute atomic E-state index is 11.0. The Kier molecular flexibility index (Phi) is 4.19. The molecule has 0 aliphatic rings. The monoisotopic (exact) mass is 261 g/mol. The molecule has 7 heteroatoms. The second-order valence-electron chi connectivity index (χ2n) is 3.90. The zero-order valence-electron chi connectivity index (χ0n) is 10.8. The van der Waals surface area contributed by atoms with Gasteiger partial charge in [0.1, 0.15) is 6.61 Å². The van der Waals surface area contributed by atoms with Gasteiger partial charge in [-0.3, -0.25) is 9.78 Å². The second kappa shape index (κ2) is 6.05. The van der Waals surface area contributed by atoms with Gasteiger partial charge in [-0.25, -0.2) is 9.67 Å². The summed E-state index contributed by atoms with van der Waals surface area (Å²) in [7, 11) is 1.58. The number of pyridine rings is 1. The fraction of sp³-hybridized carbons (Fsp3) is 0.333. The van der Waals surface area contributed by atoms with Crippen LogP contribution in [0.15, 0.2) is 24.5 Å². The maximum Gasteiger partial charge on any atom is 0.217 e. The minimum atomic E-state index is -0.113. The van der Waals surface area contributed by atoms with E-state index in [4.69, 9.17) is 4.74 Å². The molecule has 100 valence electrons. The van der Waals surface area contributed by atoms with Crippen LogP contribution in [0.25, 0.3) is 5.69 Å². The topological polar surface area (TPSA) is 81.9 Å². The van der Waals surface area contributed by atoms with E-state index in [1.807, 2.05) is 12.1 Å². The molecule has 0 unspecified atom stereocenters. The first-order valence-corrected chi connectivity index (χ1v) is 5.79. The summed E-state index contributed by atoms with van der Waals surface area (Å²) in [6.45, 7) is 2.10. The summed E-state index contributed by atoms with van der Waals surface area (Å²) in [5, 5.41) is 7.06. The molecule has 0 atom stereocenters. The fourth-order valence-electron chi connectivity index (χ4n) is 1.59. The number of carbonyl (C=O) groups is 1. The molecule has 1 amide bonds. The molecule has 0 saturated heterocycles. The highest BCUT2D eigenvalue weighted by Gasteiger charge is 2.11. The molecule has 2 aromatic heterocycles. The number of aromatic nitrogens is 4. The molecule has 0 aromatic carbocycles. The van der Waals surface area contributed by atoms with Crippen LogP contribution < -0.4 is 5.32 Å². The van der Waals surface area contributed by atoms with Crippen LogP contribution in [0.4, 0.5) is 0 Å². The van der Waals surface area contributed by atoms with Crippen molar-refractivity contribution in [2.24, 2.45) is 0 Å². The van der Waals surface area contributed by atoms with Crippen molar-refractivity contribution in [3.63, 3.8) is 0 Å². The number of rotatable bonds is 5. The average molecular weight is 261 g/mol. The Bertz CT molecular complexity index is 553. The Hall–Kier alpha value is -2.28. The van der Waals surface area contributed by atoms with Crippen molar-refractivity contribution < 1.29 is 9.53 Å². The molecule has 0 aliphatic heterocycles. The SMILES string of the molecule is COCc1nc(CNC(C)=O)n(-c2ccncc2)n1. The largest absolute Gasteiger partial charge is 0.377 e. The fourth-order valence-corrected chi connectivity index (χ4v) is 1.59. The quantitative estimate of drug-likeness (QED) is 0.844. The number of nitrogens with one attached hydrogen (secondary N) is 1. The lowest BCUT2D eigenvalue weighted by Gasteiger charge is -2.05. The first-order chi connectivity index (χ1) is 9.20. The van der Waals surface area contributed by atoms with E-state index < -0.39 is 0 Å². The zero-order valence-corrected chi connectivity index (χ0v) is 10.8. The van der Waals surface area contributed by atoms with Crippen LogP contribution in [0.2, 0.25) is 0 Å². The molecule has 19 heavy (non-hydrogen) atoms. The van der Waals surface area contributed by atoms with Crippen LogP contribution in [0.5, 0.6) is 0 Å². The molecule has 0 bridgehead atoms. The Morgan fingerprint density at radius 1 is 1.42 bits per heavy atom. The Morgan fingerprint density at radius 2 is 2.16 bits per heavy atom. The average Bonchev–Trinajstić information content (AvgIpc) is 2.81. The van der Waals surface area contributed by atoms with Gasteiger partial charge in [-0.1, -0.05) is 0 Å². The Balaban J connectivity index is 2.31. The molecular weight excluding hydrogens is 246 g/mol. The number of ether oxygens (including phenoxy) is 1. The lowest BCUT2D eigenvalue weighted by atomic mass is 10.4. The van der Waals surface area contributed by atoms with Crippen LogP contribution in [0, 0.1) is 0 Å². The first kappa shape index (κ1) is 13.2. The molecule has 7 nitrogen and oxygen atoms in total. The van der Waals surface area contributed by atoms with Crippen molar-refractivity contribution >= 4 is 5.91 Å². The molecule has 2 rings (SSSR count). The number of amides is 1. The van der Waals surface area contributed by atoms with Crippen molar-refractivity contribution in [3.05, 3.63) is 36.2 Å². The molecule has 2 heterocycles. The lowest BCUT2D eigenvalue weighted by molar-refractivity contribution is -0.119. The smallest absolute Gasteiger partial charge is 0.217 e. The third-order valence-corrected chi connectivity index (χ3v) is 2.39. The van der Waals surface area contributed by atoms with Gasteiger partial charge in [0.15, 0.2) is 11.6 Å². The summed E-state index contributed by atoms with van der Waals surface area (Å²) in [5.41, 5.74) is 0.838. The summed E-state index contributed by atoms with van der Waals surface area (Å²) in [5.74, 6) is 1.10.